The fourth-order valence-corrected chi connectivity index (χ4v) is 1.87. The van der Waals surface area contributed by atoms with Crippen LogP contribution >= 0.6 is 47.4 Å². The molecule has 0 fully saturated rings. The first-order valence-corrected chi connectivity index (χ1v) is 5.29. The van der Waals surface area contributed by atoms with Gasteiger partial charge in [0.2, 0.25) is 0 Å². The second kappa shape index (κ2) is 4.43. The van der Waals surface area contributed by atoms with E-state index in [1.54, 1.807) is 0 Å². The van der Waals surface area contributed by atoms with E-state index in [4.69, 9.17) is 12.2 Å². The number of aryl methyl sites for hydroxylation is 1. The summed E-state index contributed by atoms with van der Waals surface area (Å²) in [6, 6.07) is 6.13. The molecule has 0 aliphatic carbocycles. The third kappa shape index (κ3) is 2.91. The Hall–Kier alpha value is 0.190. The van der Waals surface area contributed by atoms with E-state index in [0.717, 1.165) is 9.26 Å². The summed E-state index contributed by atoms with van der Waals surface area (Å²) < 4.78 is 1.65. The second-order valence-corrected chi connectivity index (χ2v) is 4.73. The van der Waals surface area contributed by atoms with Gasteiger partial charge in [-0.1, -0.05) is 18.3 Å². The average Bonchev–Trinajstić information content (AvgIpc) is 1.94. The van der Waals surface area contributed by atoms with Crippen molar-refractivity contribution < 1.29 is 0 Å². The largest absolute Gasteiger partial charge is 0.341 e. The van der Waals surface area contributed by atoms with Gasteiger partial charge in [0, 0.05) is 3.57 Å². The summed E-state index contributed by atoms with van der Waals surface area (Å²) in [4.78, 5) is 0. The lowest BCUT2D eigenvalue weighted by Crippen LogP contribution is -2.02. The minimum Gasteiger partial charge on any atom is -0.341 e. The monoisotopic (exact) mass is 309 g/mol. The van der Waals surface area contributed by atoms with E-state index in [9.17, 15) is 0 Å². The molecule has 0 atom stereocenters. The van der Waals surface area contributed by atoms with Crippen LogP contribution < -0.4 is 5.32 Å². The molecule has 1 N–H and O–H groups in total. The molecule has 0 saturated carbocycles. The van der Waals surface area contributed by atoms with E-state index >= 15 is 0 Å². The summed E-state index contributed by atoms with van der Waals surface area (Å²) in [7, 11) is 0. The molecule has 0 amide bonds. The van der Waals surface area contributed by atoms with Crippen LogP contribution in [0.25, 0.3) is 0 Å². The van der Waals surface area contributed by atoms with Crippen molar-refractivity contribution in [1.82, 2.24) is 0 Å². The van der Waals surface area contributed by atoms with Crippen molar-refractivity contribution in [1.29, 1.82) is 0 Å². The van der Waals surface area contributed by atoms with Crippen molar-refractivity contribution in [3.63, 3.8) is 0 Å². The summed E-state index contributed by atoms with van der Waals surface area (Å²) in [6.45, 7) is 2.06. The van der Waals surface area contributed by atoms with Crippen LogP contribution in [0.2, 0.25) is 0 Å². The van der Waals surface area contributed by atoms with Gasteiger partial charge >= 0.3 is 0 Å². The van der Waals surface area contributed by atoms with E-state index in [-0.39, 0.29) is 0 Å². The van der Waals surface area contributed by atoms with Gasteiger partial charge in [-0.05, 0) is 47.2 Å². The Bertz CT molecular complexity index is 312. The zero-order valence-corrected chi connectivity index (χ0v) is 10.3. The van der Waals surface area contributed by atoms with Gasteiger partial charge in [0.05, 0.1) is 5.69 Å². The molecule has 64 valence electrons. The molecule has 0 aromatic heterocycles. The molecule has 1 aromatic carbocycles. The SMILES string of the molecule is Cc1ccc(NC(=S)S)c(I)c1. The highest BCUT2D eigenvalue weighted by atomic mass is 127. The molecule has 0 unspecified atom stereocenters. The van der Waals surface area contributed by atoms with Gasteiger partial charge in [-0.15, -0.1) is 12.6 Å². The summed E-state index contributed by atoms with van der Waals surface area (Å²) >= 11 is 11.1. The number of hydrogen-bond acceptors (Lipinski definition) is 1. The fourth-order valence-electron chi connectivity index (χ4n) is 0.837. The maximum absolute atomic E-state index is 4.82. The summed E-state index contributed by atoms with van der Waals surface area (Å²) in [5, 5.41) is 2.99. The van der Waals surface area contributed by atoms with Crippen LogP contribution in [0.15, 0.2) is 18.2 Å². The van der Waals surface area contributed by atoms with Gasteiger partial charge in [-0.3, -0.25) is 0 Å². The molecule has 4 heteroatoms. The summed E-state index contributed by atoms with van der Waals surface area (Å²) in [5.74, 6) is 0. The van der Waals surface area contributed by atoms with Crippen LogP contribution in [0.5, 0.6) is 0 Å². The zero-order valence-electron chi connectivity index (χ0n) is 6.47. The first-order chi connectivity index (χ1) is 5.59. The third-order valence-electron chi connectivity index (χ3n) is 1.37. The highest BCUT2D eigenvalue weighted by Crippen LogP contribution is 2.19. The Kier molecular flexibility index (Phi) is 3.79. The topological polar surface area (TPSA) is 12.0 Å². The molecule has 1 aromatic rings. The van der Waals surface area contributed by atoms with Crippen LogP contribution in [0, 0.1) is 10.5 Å². The lowest BCUT2D eigenvalue weighted by atomic mass is 10.2. The van der Waals surface area contributed by atoms with Gasteiger partial charge in [0.1, 0.15) is 4.32 Å². The zero-order chi connectivity index (χ0) is 9.14. The molecule has 1 nitrogen and oxygen atoms in total. The van der Waals surface area contributed by atoms with Crippen LogP contribution in [0.3, 0.4) is 0 Å². The Morgan fingerprint density at radius 3 is 2.75 bits per heavy atom. The second-order valence-electron chi connectivity index (χ2n) is 2.41. The molecule has 0 spiro atoms. The Morgan fingerprint density at radius 2 is 2.25 bits per heavy atom. The fraction of sp³-hybridized carbons (Fsp3) is 0.125. The molecule has 0 aliphatic rings. The van der Waals surface area contributed by atoms with E-state index in [2.05, 4.69) is 53.5 Å². The van der Waals surface area contributed by atoms with Crippen molar-refractivity contribution in [2.75, 3.05) is 5.32 Å². The van der Waals surface area contributed by atoms with Crippen LogP contribution in [-0.2, 0) is 0 Å². The van der Waals surface area contributed by atoms with E-state index in [1.165, 1.54) is 5.56 Å². The molecule has 0 heterocycles. The van der Waals surface area contributed by atoms with Gasteiger partial charge < -0.3 is 5.32 Å². The average molecular weight is 309 g/mol. The smallest absolute Gasteiger partial charge is 0.135 e. The number of anilines is 1. The maximum atomic E-state index is 4.82. The highest BCUT2D eigenvalue weighted by molar-refractivity contribution is 14.1. The van der Waals surface area contributed by atoms with Crippen LogP contribution in [0.4, 0.5) is 5.69 Å². The minimum absolute atomic E-state index is 0.497. The van der Waals surface area contributed by atoms with Crippen molar-refractivity contribution in [2.24, 2.45) is 0 Å². The van der Waals surface area contributed by atoms with E-state index in [1.807, 2.05) is 12.1 Å². The quantitative estimate of drug-likeness (QED) is 0.469. The molecule has 0 aliphatic heterocycles. The standard InChI is InChI=1S/C8H8INS2/c1-5-2-3-7(6(9)4-5)10-8(11)12/h2-4H,1H3,(H2,10,11,12). The maximum Gasteiger partial charge on any atom is 0.135 e. The predicted octanol–water partition coefficient (Wildman–Crippen LogP) is 3.23. The van der Waals surface area contributed by atoms with Crippen molar-refractivity contribution in [3.05, 3.63) is 27.3 Å². The van der Waals surface area contributed by atoms with Crippen LogP contribution in [-0.4, -0.2) is 4.32 Å². The number of thiocarbonyl (C=S) groups is 1. The third-order valence-corrected chi connectivity index (χ3v) is 2.47. The van der Waals surface area contributed by atoms with Gasteiger partial charge in [-0.25, -0.2) is 0 Å². The lowest BCUT2D eigenvalue weighted by Gasteiger charge is -2.06. The van der Waals surface area contributed by atoms with E-state index < -0.39 is 0 Å². The predicted molar refractivity (Wildman–Crippen MR) is 69.1 cm³/mol. The van der Waals surface area contributed by atoms with Gasteiger partial charge in [-0.2, -0.15) is 0 Å². The number of benzene rings is 1. The molecular formula is C8H8INS2. The molecule has 12 heavy (non-hydrogen) atoms. The number of rotatable bonds is 1. The van der Waals surface area contributed by atoms with Crippen molar-refractivity contribution in [2.45, 2.75) is 6.92 Å². The molecular weight excluding hydrogens is 301 g/mol. The molecule has 0 radical (unpaired) electrons. The first-order valence-electron chi connectivity index (χ1n) is 3.35. The Balaban J connectivity index is 2.93. The minimum atomic E-state index is 0.497. The Morgan fingerprint density at radius 1 is 1.58 bits per heavy atom. The molecule has 1 rings (SSSR count). The lowest BCUT2D eigenvalue weighted by molar-refractivity contribution is 1.45. The number of halogens is 1. The molecule has 0 saturated heterocycles. The van der Waals surface area contributed by atoms with Crippen LogP contribution in [0.1, 0.15) is 5.56 Å². The van der Waals surface area contributed by atoms with E-state index in [0.29, 0.717) is 4.32 Å². The number of nitrogens with one attached hydrogen (secondary N) is 1. The van der Waals surface area contributed by atoms with Crippen molar-refractivity contribution in [3.8, 4) is 0 Å². The number of hydrogen-bond donors (Lipinski definition) is 2. The van der Waals surface area contributed by atoms with Crippen molar-refractivity contribution >= 4 is 57.4 Å². The molecule has 0 bridgehead atoms. The normalized spacial score (nSPS) is 9.58. The summed E-state index contributed by atoms with van der Waals surface area (Å²) in [5.41, 5.74) is 2.26. The van der Waals surface area contributed by atoms with Gasteiger partial charge in [0.25, 0.3) is 0 Å². The number of thiol groups is 1. The first kappa shape index (κ1) is 10.3. The Labute approximate surface area is 96.5 Å². The highest BCUT2D eigenvalue weighted by Gasteiger charge is 1.98. The summed E-state index contributed by atoms with van der Waals surface area (Å²) in [6.07, 6.45) is 0. The van der Waals surface area contributed by atoms with Gasteiger partial charge in [0.15, 0.2) is 0 Å².